The summed E-state index contributed by atoms with van der Waals surface area (Å²) < 4.78 is 0. The largest absolute Gasteiger partial charge is 2.00 e. The van der Waals surface area contributed by atoms with Gasteiger partial charge in [-0.3, -0.25) is 0 Å². The predicted molar refractivity (Wildman–Crippen MR) is 263 cm³/mol. The molecule has 0 aliphatic rings. The predicted octanol–water partition coefficient (Wildman–Crippen LogP) is 10.1. The van der Waals surface area contributed by atoms with Crippen LogP contribution < -0.4 is 47.7 Å². The van der Waals surface area contributed by atoms with E-state index < -0.39 is 23.8 Å². The number of carbonyl (C=O) groups excluding carboxylic acids is 1. The summed E-state index contributed by atoms with van der Waals surface area (Å²) in [5.41, 5.74) is 0. The normalized spacial score (nSPS) is 10.1. The second kappa shape index (κ2) is 25.9. The molecule has 1 nitrogen and oxygen atoms in total. The number of rotatable bonds is 9. The molecule has 0 amide bonds. The molecule has 0 fully saturated rings. The van der Waals surface area contributed by atoms with Crippen LogP contribution in [0, 0.1) is 0 Å². The summed E-state index contributed by atoms with van der Waals surface area (Å²) in [6.45, 7) is 2.00. The van der Waals surface area contributed by atoms with E-state index >= 15 is 0 Å². The molecule has 0 heterocycles. The molecule has 0 radical (unpaired) electrons. The summed E-state index contributed by atoms with van der Waals surface area (Å²) in [4.78, 5) is 8.00. The van der Waals surface area contributed by atoms with Crippen LogP contribution in [0.4, 0.5) is 0 Å². The van der Waals surface area contributed by atoms with Crippen molar-refractivity contribution in [1.82, 2.24) is 0 Å². The third-order valence-corrected chi connectivity index (χ3v) is 16.5. The fraction of sp³-hybridized carbons (Fsp3) is 0. The minimum Gasteiger partial charge on any atom is -0.307 e. The van der Waals surface area contributed by atoms with Crippen LogP contribution >= 0.6 is 23.8 Å². The quantitative estimate of drug-likeness (QED) is 0.104. The molecule has 0 spiro atoms. The zero-order valence-corrected chi connectivity index (χ0v) is 37.7. The molecule has 0 unspecified atom stereocenters. The number of hydrogen-bond acceptors (Lipinski definition) is 1. The van der Waals surface area contributed by atoms with Crippen molar-refractivity contribution < 1.29 is 24.3 Å². The van der Waals surface area contributed by atoms with E-state index in [9.17, 15) is 0 Å². The summed E-state index contributed by atoms with van der Waals surface area (Å²) >= 11 is 0. The van der Waals surface area contributed by atoms with Gasteiger partial charge in [0, 0.05) is 0 Å². The molecule has 0 N–H and O–H groups in total. The minimum absolute atomic E-state index is 0. The molecular weight excluding hydrogens is 871 g/mol. The van der Waals surface area contributed by atoms with Gasteiger partial charge in [0.05, 0.1) is 0 Å². The Kier molecular flexibility index (Phi) is 19.7. The molecule has 9 rings (SSSR count). The second-order valence-corrected chi connectivity index (χ2v) is 19.7. The van der Waals surface area contributed by atoms with Gasteiger partial charge in [0.2, 0.25) is 0 Å². The van der Waals surface area contributed by atoms with Gasteiger partial charge in [-0.2, -0.15) is 0 Å². The van der Waals surface area contributed by atoms with Crippen LogP contribution in [0.5, 0.6) is 0 Å². The summed E-state index contributed by atoms with van der Waals surface area (Å²) in [6.07, 6.45) is 0. The average Bonchev–Trinajstić information content (AvgIpc) is 3.34. The van der Waals surface area contributed by atoms with Gasteiger partial charge >= 0.3 is 19.5 Å². The van der Waals surface area contributed by atoms with Gasteiger partial charge < -0.3 is 4.79 Å². The first-order chi connectivity index (χ1) is 29.3. The number of benzene rings is 9. The maximum absolute atomic E-state index is 8.00. The second-order valence-electron chi connectivity index (χ2n) is 13.0. The maximum atomic E-state index is 8.00. The molecule has 0 aliphatic heterocycles. The zero-order chi connectivity index (χ0) is 40.7. The molecule has 5 heteroatoms. The van der Waals surface area contributed by atoms with Crippen LogP contribution in [0.1, 0.15) is 0 Å². The van der Waals surface area contributed by atoms with Gasteiger partial charge in [-0.1, -0.05) is 273 Å². The maximum Gasteiger partial charge on any atom is 2.00 e. The molecule has 0 aromatic heterocycles. The van der Waals surface area contributed by atoms with Crippen molar-refractivity contribution in [2.24, 2.45) is 0 Å². The van der Waals surface area contributed by atoms with Crippen molar-refractivity contribution in [3.05, 3.63) is 273 Å². The summed E-state index contributed by atoms with van der Waals surface area (Å²) in [5, 5.41) is 12.6. The van der Waals surface area contributed by atoms with Gasteiger partial charge in [0.1, 0.15) is 6.79 Å². The summed E-state index contributed by atoms with van der Waals surface area (Å²) in [6, 6.07) is 97.0. The third-order valence-electron chi connectivity index (χ3n) is 9.13. The number of carbonyl (C=O) groups is 1. The van der Waals surface area contributed by atoms with Crippen molar-refractivity contribution in [1.29, 1.82) is 0 Å². The van der Waals surface area contributed by atoms with Crippen LogP contribution in [0.25, 0.3) is 0 Å². The Morgan fingerprint density at radius 2 is 0.267 bits per heavy atom. The fourth-order valence-corrected chi connectivity index (χ4v) is 13.5. The Morgan fingerprint density at radius 3 is 0.350 bits per heavy atom. The van der Waals surface area contributed by atoms with Gasteiger partial charge in [0.15, 0.2) is 0 Å². The van der Waals surface area contributed by atoms with E-state index in [1.165, 1.54) is 47.7 Å². The van der Waals surface area contributed by atoms with Crippen LogP contribution in [0.2, 0.25) is 0 Å². The molecule has 0 bridgehead atoms. The van der Waals surface area contributed by atoms with Crippen LogP contribution in [0.3, 0.4) is 0 Å². The standard InChI is InChI=1S/3C18H15P.CH2O.Ru/c3*1-4-10-16(11-5-1)19(17-12-6-2-7-13-17)18-14-8-3-9-15-18;1-2;/h3*1-15H;1H2;/q;;;;+2. The SMILES string of the molecule is C=O.[Ru+2].c1ccc(P(c2ccccc2)c2ccccc2)cc1.c1ccc(P(c2ccccc2)c2ccccc2)cc1.c1ccc(P(c2ccccc2)c2ccccc2)cc1. The first-order valence-corrected chi connectivity index (χ1v) is 23.5. The Hall–Kier alpha value is -5.44. The van der Waals surface area contributed by atoms with Gasteiger partial charge in [-0.05, 0) is 71.5 Å². The summed E-state index contributed by atoms with van der Waals surface area (Å²) in [5.74, 6) is 0. The Balaban J connectivity index is 0.000000166. The van der Waals surface area contributed by atoms with Crippen LogP contribution in [-0.2, 0) is 24.3 Å². The van der Waals surface area contributed by atoms with Gasteiger partial charge in [-0.15, -0.1) is 0 Å². The van der Waals surface area contributed by atoms with E-state index in [1.54, 1.807) is 0 Å². The molecule has 60 heavy (non-hydrogen) atoms. The van der Waals surface area contributed by atoms with E-state index in [0.717, 1.165) is 0 Å². The molecular formula is C55H47OP3Ru+2. The van der Waals surface area contributed by atoms with Crippen LogP contribution in [0.15, 0.2) is 273 Å². The molecule has 9 aromatic carbocycles. The zero-order valence-electron chi connectivity index (χ0n) is 33.3. The Labute approximate surface area is 373 Å². The van der Waals surface area contributed by atoms with Crippen molar-refractivity contribution >= 4 is 78.3 Å². The molecule has 0 atom stereocenters. The monoisotopic (exact) mass is 918 g/mol. The molecule has 0 saturated carbocycles. The molecule has 9 aromatic rings. The van der Waals surface area contributed by atoms with Gasteiger partial charge in [-0.25, -0.2) is 0 Å². The van der Waals surface area contributed by atoms with Gasteiger partial charge in [0.25, 0.3) is 0 Å². The van der Waals surface area contributed by atoms with E-state index in [1.807, 2.05) is 6.79 Å². The third kappa shape index (κ3) is 13.3. The molecule has 0 saturated heterocycles. The first kappa shape index (κ1) is 45.6. The van der Waals surface area contributed by atoms with Crippen molar-refractivity contribution in [2.45, 2.75) is 0 Å². The molecule has 294 valence electrons. The fourth-order valence-electron chi connectivity index (χ4n) is 6.54. The van der Waals surface area contributed by atoms with E-state index in [2.05, 4.69) is 273 Å². The summed E-state index contributed by atoms with van der Waals surface area (Å²) in [7, 11) is -1.34. The first-order valence-electron chi connectivity index (χ1n) is 19.5. The number of hydrogen-bond donors (Lipinski definition) is 0. The van der Waals surface area contributed by atoms with Crippen molar-refractivity contribution in [3.63, 3.8) is 0 Å². The Morgan fingerprint density at radius 1 is 0.183 bits per heavy atom. The van der Waals surface area contributed by atoms with E-state index in [0.29, 0.717) is 0 Å². The smallest absolute Gasteiger partial charge is 0.307 e. The topological polar surface area (TPSA) is 17.1 Å². The Bertz CT molecular complexity index is 1890. The van der Waals surface area contributed by atoms with E-state index in [4.69, 9.17) is 4.79 Å². The van der Waals surface area contributed by atoms with Crippen LogP contribution in [-0.4, -0.2) is 6.79 Å². The van der Waals surface area contributed by atoms with Crippen molar-refractivity contribution in [3.8, 4) is 0 Å². The van der Waals surface area contributed by atoms with E-state index in [-0.39, 0.29) is 19.5 Å². The molecule has 0 aliphatic carbocycles. The average molecular weight is 918 g/mol. The van der Waals surface area contributed by atoms with Crippen molar-refractivity contribution in [2.75, 3.05) is 0 Å². The minimum atomic E-state index is -0.446.